The number of benzene rings is 2. The van der Waals surface area contributed by atoms with Gasteiger partial charge >= 0.3 is 0 Å². The molecule has 3 nitrogen and oxygen atoms in total. The predicted molar refractivity (Wildman–Crippen MR) is 83.2 cm³/mol. The summed E-state index contributed by atoms with van der Waals surface area (Å²) in [6, 6.07) is 11.9. The average molecular weight is 292 g/mol. The van der Waals surface area contributed by atoms with E-state index in [1.807, 2.05) is 26.1 Å². The molecular weight excluding hydrogens is 277 g/mol. The smallest absolute Gasteiger partial charge is 0.148 e. The molecule has 104 valence electrons. The highest BCUT2D eigenvalue weighted by atomic mass is 35.5. The van der Waals surface area contributed by atoms with E-state index in [0.29, 0.717) is 16.4 Å². The monoisotopic (exact) mass is 291 g/mol. The lowest BCUT2D eigenvalue weighted by molar-refractivity contribution is 0.630. The topological polar surface area (TPSA) is 36.4 Å². The maximum atomic E-state index is 13.5. The Bertz CT molecular complexity index is 641. The number of nitrogens with one attached hydrogen (secondary N) is 2. The second kappa shape index (κ2) is 6.39. The van der Waals surface area contributed by atoms with E-state index in [1.165, 1.54) is 6.07 Å². The molecule has 0 saturated carbocycles. The van der Waals surface area contributed by atoms with Crippen molar-refractivity contribution in [2.75, 3.05) is 17.8 Å². The fourth-order valence-electron chi connectivity index (χ4n) is 1.79. The molecule has 0 fully saturated rings. The molecule has 0 aromatic heterocycles. The molecule has 0 aliphatic heterocycles. The minimum atomic E-state index is -0.344. The van der Waals surface area contributed by atoms with E-state index >= 15 is 0 Å². The number of hydrogen-bond acceptors (Lipinski definition) is 3. The van der Waals surface area contributed by atoms with Gasteiger partial charge in [0.25, 0.3) is 0 Å². The van der Waals surface area contributed by atoms with Crippen molar-refractivity contribution >= 4 is 28.7 Å². The molecule has 0 unspecified atom stereocenters. The zero-order valence-electron chi connectivity index (χ0n) is 11.2. The number of nitrogens with zero attached hydrogens (tertiary/aromatic N) is 1. The van der Waals surface area contributed by atoms with Gasteiger partial charge < -0.3 is 5.32 Å². The SMILES string of the molecule is CNc1ccc(Cl)cc1/C(C)=N/Nc1ccccc1F. The third kappa shape index (κ3) is 3.27. The predicted octanol–water partition coefficient (Wildman–Crippen LogP) is 4.36. The van der Waals surface area contributed by atoms with E-state index in [-0.39, 0.29) is 5.82 Å². The minimum absolute atomic E-state index is 0.333. The lowest BCUT2D eigenvalue weighted by atomic mass is 10.1. The normalized spacial score (nSPS) is 11.3. The van der Waals surface area contributed by atoms with Crippen LogP contribution in [0, 0.1) is 5.82 Å². The van der Waals surface area contributed by atoms with Gasteiger partial charge in [0, 0.05) is 23.3 Å². The molecule has 0 aliphatic rings. The molecule has 0 atom stereocenters. The van der Waals surface area contributed by atoms with E-state index in [2.05, 4.69) is 15.8 Å². The van der Waals surface area contributed by atoms with Gasteiger partial charge in [0.15, 0.2) is 0 Å². The van der Waals surface area contributed by atoms with E-state index in [4.69, 9.17) is 11.6 Å². The van der Waals surface area contributed by atoms with Crippen molar-refractivity contribution in [2.45, 2.75) is 6.92 Å². The van der Waals surface area contributed by atoms with E-state index in [1.54, 1.807) is 24.3 Å². The fraction of sp³-hybridized carbons (Fsp3) is 0.133. The van der Waals surface area contributed by atoms with Crippen LogP contribution in [0.25, 0.3) is 0 Å². The van der Waals surface area contributed by atoms with Gasteiger partial charge in [0.2, 0.25) is 0 Å². The number of hydrogen-bond donors (Lipinski definition) is 2. The van der Waals surface area contributed by atoms with Gasteiger partial charge in [-0.1, -0.05) is 23.7 Å². The summed E-state index contributed by atoms with van der Waals surface area (Å²) in [6.07, 6.45) is 0. The van der Waals surface area contributed by atoms with E-state index in [9.17, 15) is 4.39 Å². The Morgan fingerprint density at radius 1 is 1.15 bits per heavy atom. The van der Waals surface area contributed by atoms with Crippen molar-refractivity contribution in [3.63, 3.8) is 0 Å². The molecule has 0 aliphatic carbocycles. The first-order valence-electron chi connectivity index (χ1n) is 6.14. The Labute approximate surface area is 122 Å². The second-order valence-electron chi connectivity index (χ2n) is 4.23. The molecule has 5 heteroatoms. The quantitative estimate of drug-likeness (QED) is 0.649. The van der Waals surface area contributed by atoms with Crippen LogP contribution in [0.1, 0.15) is 12.5 Å². The summed E-state index contributed by atoms with van der Waals surface area (Å²) in [5, 5.41) is 7.90. The number of halogens is 2. The standard InChI is InChI=1S/C15H15ClFN3/c1-10(12-9-11(16)7-8-14(12)18-2)19-20-15-6-4-3-5-13(15)17/h3-9,18,20H,1-2H3/b19-10+. The van der Waals surface area contributed by atoms with Crippen molar-refractivity contribution in [2.24, 2.45) is 5.10 Å². The maximum Gasteiger partial charge on any atom is 0.148 e. The molecule has 0 saturated heterocycles. The molecule has 2 rings (SSSR count). The molecule has 2 aromatic carbocycles. The van der Waals surface area contributed by atoms with Crippen LogP contribution in [0.2, 0.25) is 5.02 Å². The van der Waals surface area contributed by atoms with Gasteiger partial charge in [0.1, 0.15) is 5.82 Å². The Morgan fingerprint density at radius 3 is 2.60 bits per heavy atom. The maximum absolute atomic E-state index is 13.5. The summed E-state index contributed by atoms with van der Waals surface area (Å²) in [5.41, 5.74) is 5.54. The summed E-state index contributed by atoms with van der Waals surface area (Å²) in [5.74, 6) is -0.344. The van der Waals surface area contributed by atoms with Crippen LogP contribution in [0.3, 0.4) is 0 Å². The Kier molecular flexibility index (Phi) is 4.58. The molecule has 0 spiro atoms. The van der Waals surface area contributed by atoms with Crippen LogP contribution in [-0.2, 0) is 0 Å². The summed E-state index contributed by atoms with van der Waals surface area (Å²) in [7, 11) is 1.82. The number of para-hydroxylation sites is 1. The first-order valence-corrected chi connectivity index (χ1v) is 6.52. The lowest BCUT2D eigenvalue weighted by Crippen LogP contribution is -2.04. The van der Waals surface area contributed by atoms with Gasteiger partial charge in [-0.05, 0) is 37.3 Å². The van der Waals surface area contributed by atoms with Crippen LogP contribution in [0.15, 0.2) is 47.6 Å². The lowest BCUT2D eigenvalue weighted by Gasteiger charge is -2.10. The molecule has 2 N–H and O–H groups in total. The van der Waals surface area contributed by atoms with Gasteiger partial charge in [-0.15, -0.1) is 0 Å². The summed E-state index contributed by atoms with van der Waals surface area (Å²) >= 11 is 6.00. The third-order valence-electron chi connectivity index (χ3n) is 2.86. The molecule has 0 radical (unpaired) electrons. The summed E-state index contributed by atoms with van der Waals surface area (Å²) < 4.78 is 13.5. The summed E-state index contributed by atoms with van der Waals surface area (Å²) in [4.78, 5) is 0. The number of rotatable bonds is 4. The third-order valence-corrected chi connectivity index (χ3v) is 3.09. The summed E-state index contributed by atoms with van der Waals surface area (Å²) in [6.45, 7) is 1.83. The second-order valence-corrected chi connectivity index (χ2v) is 4.67. The Balaban J connectivity index is 2.27. The van der Waals surface area contributed by atoms with Gasteiger partial charge in [-0.3, -0.25) is 5.43 Å². The van der Waals surface area contributed by atoms with Crippen molar-refractivity contribution in [1.29, 1.82) is 0 Å². The largest absolute Gasteiger partial charge is 0.388 e. The van der Waals surface area contributed by atoms with Crippen LogP contribution < -0.4 is 10.7 Å². The highest BCUT2D eigenvalue weighted by Gasteiger charge is 2.06. The molecule has 0 bridgehead atoms. The van der Waals surface area contributed by atoms with Gasteiger partial charge in [-0.25, -0.2) is 4.39 Å². The highest BCUT2D eigenvalue weighted by molar-refractivity contribution is 6.31. The minimum Gasteiger partial charge on any atom is -0.388 e. The van der Waals surface area contributed by atoms with Crippen molar-refractivity contribution < 1.29 is 4.39 Å². The van der Waals surface area contributed by atoms with Crippen LogP contribution in [0.4, 0.5) is 15.8 Å². The molecule has 20 heavy (non-hydrogen) atoms. The van der Waals surface area contributed by atoms with Crippen molar-refractivity contribution in [3.05, 3.63) is 58.9 Å². The Hall–Kier alpha value is -2.07. The molecule has 0 amide bonds. The van der Waals surface area contributed by atoms with Gasteiger partial charge in [-0.2, -0.15) is 5.10 Å². The molecular formula is C15H15ClFN3. The first-order chi connectivity index (χ1) is 9.61. The van der Waals surface area contributed by atoms with Crippen LogP contribution in [-0.4, -0.2) is 12.8 Å². The fourth-order valence-corrected chi connectivity index (χ4v) is 1.96. The van der Waals surface area contributed by atoms with Crippen LogP contribution >= 0.6 is 11.6 Å². The highest BCUT2D eigenvalue weighted by Crippen LogP contribution is 2.21. The van der Waals surface area contributed by atoms with Crippen molar-refractivity contribution in [3.8, 4) is 0 Å². The molecule has 2 aromatic rings. The molecule has 0 heterocycles. The number of hydrazone groups is 1. The van der Waals surface area contributed by atoms with E-state index in [0.717, 1.165) is 11.3 Å². The van der Waals surface area contributed by atoms with E-state index < -0.39 is 0 Å². The zero-order chi connectivity index (χ0) is 14.5. The van der Waals surface area contributed by atoms with Crippen molar-refractivity contribution in [1.82, 2.24) is 0 Å². The zero-order valence-corrected chi connectivity index (χ0v) is 12.0. The van der Waals surface area contributed by atoms with Crippen LogP contribution in [0.5, 0.6) is 0 Å². The Morgan fingerprint density at radius 2 is 1.90 bits per heavy atom. The average Bonchev–Trinajstić information content (AvgIpc) is 2.46. The first kappa shape index (κ1) is 14.3. The number of anilines is 2. The van der Waals surface area contributed by atoms with Gasteiger partial charge in [0.05, 0.1) is 11.4 Å².